The van der Waals surface area contributed by atoms with E-state index in [1.54, 1.807) is 13.0 Å². The van der Waals surface area contributed by atoms with Crippen LogP contribution in [-0.4, -0.2) is 34.1 Å². The molecule has 0 atom stereocenters. The van der Waals surface area contributed by atoms with Crippen LogP contribution in [0.4, 0.5) is 5.69 Å². The number of nitrogens with zero attached hydrogens (tertiary/aromatic N) is 4. The van der Waals surface area contributed by atoms with E-state index in [9.17, 15) is 14.7 Å². The molecule has 21 heavy (non-hydrogen) atoms. The van der Waals surface area contributed by atoms with Crippen LogP contribution in [0.2, 0.25) is 0 Å². The molecule has 1 heterocycles. The highest BCUT2D eigenvalue weighted by Gasteiger charge is 2.32. The van der Waals surface area contributed by atoms with Gasteiger partial charge in [-0.15, -0.1) is 5.10 Å². The van der Waals surface area contributed by atoms with Crippen molar-refractivity contribution in [2.75, 3.05) is 14.2 Å². The van der Waals surface area contributed by atoms with Crippen molar-refractivity contribution in [1.29, 1.82) is 0 Å². The largest absolute Gasteiger partial charge is 0.382 e. The molecule has 0 saturated carbocycles. The predicted octanol–water partition coefficient (Wildman–Crippen LogP) is 1.60. The van der Waals surface area contributed by atoms with E-state index in [1.165, 1.54) is 37.1 Å². The topological polar surface area (TPSA) is 109 Å². The fourth-order valence-corrected chi connectivity index (χ4v) is 2.94. The first-order valence-corrected chi connectivity index (χ1v) is 7.36. The van der Waals surface area contributed by atoms with Crippen LogP contribution < -0.4 is 5.44 Å². The number of non-ortho nitro benzene ring substituents is 1. The van der Waals surface area contributed by atoms with Gasteiger partial charge in [0.1, 0.15) is 0 Å². The van der Waals surface area contributed by atoms with E-state index in [4.69, 9.17) is 9.05 Å². The highest BCUT2D eigenvalue weighted by atomic mass is 31.2. The molecule has 0 amide bonds. The third-order valence-electron chi connectivity index (χ3n) is 2.90. The maximum Gasteiger partial charge on any atom is 0.382 e. The lowest BCUT2D eigenvalue weighted by Gasteiger charge is -2.11. The van der Waals surface area contributed by atoms with Crippen molar-refractivity contribution in [1.82, 2.24) is 15.0 Å². The van der Waals surface area contributed by atoms with Crippen LogP contribution in [0.5, 0.6) is 0 Å². The molecule has 0 fully saturated rings. The Morgan fingerprint density at radius 2 is 2.00 bits per heavy atom. The summed E-state index contributed by atoms with van der Waals surface area (Å²) in [5, 5.41) is 18.5. The molecule has 0 N–H and O–H groups in total. The SMILES string of the molecule is COP(=O)(OC)c1nnn(-c2cccc([N+](=O)[O-])c2)c1C. The summed E-state index contributed by atoms with van der Waals surface area (Å²) >= 11 is 0. The van der Waals surface area contributed by atoms with Gasteiger partial charge in [-0.2, -0.15) is 0 Å². The molecule has 0 radical (unpaired) electrons. The minimum atomic E-state index is -3.53. The maximum atomic E-state index is 12.3. The van der Waals surface area contributed by atoms with Crippen molar-refractivity contribution in [3.63, 3.8) is 0 Å². The van der Waals surface area contributed by atoms with Crippen LogP contribution in [0.3, 0.4) is 0 Å². The Bertz CT molecular complexity index is 721. The molecule has 2 aromatic rings. The second-order valence-electron chi connectivity index (χ2n) is 4.05. The zero-order valence-electron chi connectivity index (χ0n) is 11.6. The molecule has 0 spiro atoms. The number of hydrogen-bond donors (Lipinski definition) is 0. The number of nitro benzene ring substituents is 1. The van der Waals surface area contributed by atoms with Crippen LogP contribution in [0.1, 0.15) is 5.69 Å². The molecule has 9 nitrogen and oxygen atoms in total. The number of rotatable bonds is 5. The summed E-state index contributed by atoms with van der Waals surface area (Å²) in [6.07, 6.45) is 0. The van der Waals surface area contributed by atoms with Crippen molar-refractivity contribution >= 4 is 18.7 Å². The van der Waals surface area contributed by atoms with Crippen LogP contribution in [0, 0.1) is 17.0 Å². The van der Waals surface area contributed by atoms with E-state index in [0.29, 0.717) is 11.4 Å². The molecule has 1 aromatic heterocycles. The summed E-state index contributed by atoms with van der Waals surface area (Å²) in [6.45, 7) is 1.62. The Morgan fingerprint density at radius 1 is 1.33 bits per heavy atom. The van der Waals surface area contributed by atoms with Gasteiger partial charge in [-0.05, 0) is 13.0 Å². The quantitative estimate of drug-likeness (QED) is 0.468. The van der Waals surface area contributed by atoms with Crippen LogP contribution in [-0.2, 0) is 13.6 Å². The van der Waals surface area contributed by atoms with Crippen LogP contribution in [0.15, 0.2) is 24.3 Å². The lowest BCUT2D eigenvalue weighted by molar-refractivity contribution is -0.384. The minimum absolute atomic E-state index is 0.0685. The summed E-state index contributed by atoms with van der Waals surface area (Å²) in [7, 11) is -1.04. The third kappa shape index (κ3) is 2.71. The Hall–Kier alpha value is -2.09. The van der Waals surface area contributed by atoms with Crippen molar-refractivity contribution < 1.29 is 18.5 Å². The van der Waals surface area contributed by atoms with Crippen molar-refractivity contribution in [3.8, 4) is 5.69 Å². The predicted molar refractivity (Wildman–Crippen MR) is 74.0 cm³/mol. The first-order chi connectivity index (χ1) is 9.92. The van der Waals surface area contributed by atoms with Crippen molar-refractivity contribution in [3.05, 3.63) is 40.1 Å². The van der Waals surface area contributed by atoms with Gasteiger partial charge in [0.15, 0.2) is 5.44 Å². The van der Waals surface area contributed by atoms with E-state index < -0.39 is 12.5 Å². The summed E-state index contributed by atoms with van der Waals surface area (Å²) in [5.41, 5.74) is 0.839. The fourth-order valence-electron chi connectivity index (χ4n) is 1.81. The van der Waals surface area contributed by atoms with E-state index in [1.807, 2.05) is 0 Å². The van der Waals surface area contributed by atoms with Gasteiger partial charge in [-0.25, -0.2) is 4.68 Å². The monoisotopic (exact) mass is 312 g/mol. The molecule has 0 saturated heterocycles. The molecule has 1 aromatic carbocycles. The normalized spacial score (nSPS) is 11.6. The van der Waals surface area contributed by atoms with Crippen molar-refractivity contribution in [2.45, 2.75) is 6.92 Å². The number of nitro groups is 1. The molecule has 0 unspecified atom stereocenters. The molecule has 10 heteroatoms. The summed E-state index contributed by atoms with van der Waals surface area (Å²) in [4.78, 5) is 10.3. The zero-order valence-corrected chi connectivity index (χ0v) is 12.5. The van der Waals surface area contributed by atoms with Gasteiger partial charge in [0.25, 0.3) is 5.69 Å². The maximum absolute atomic E-state index is 12.3. The fraction of sp³-hybridized carbons (Fsp3) is 0.273. The Labute approximate surface area is 120 Å². The highest BCUT2D eigenvalue weighted by molar-refractivity contribution is 7.62. The Kier molecular flexibility index (Phi) is 4.17. The van der Waals surface area contributed by atoms with Gasteiger partial charge in [0.2, 0.25) is 0 Å². The van der Waals surface area contributed by atoms with Crippen LogP contribution in [0.25, 0.3) is 5.69 Å². The highest BCUT2D eigenvalue weighted by Crippen LogP contribution is 2.45. The third-order valence-corrected chi connectivity index (χ3v) is 4.79. The van der Waals surface area contributed by atoms with E-state index in [0.717, 1.165) is 0 Å². The first kappa shape index (κ1) is 15.3. The molecule has 0 aliphatic carbocycles. The number of benzene rings is 1. The average Bonchev–Trinajstić information content (AvgIpc) is 2.89. The summed E-state index contributed by atoms with van der Waals surface area (Å²) in [5.74, 6) is 0. The van der Waals surface area contributed by atoms with Crippen molar-refractivity contribution in [2.24, 2.45) is 0 Å². The van der Waals surface area contributed by atoms with E-state index in [-0.39, 0.29) is 11.1 Å². The lowest BCUT2D eigenvalue weighted by Crippen LogP contribution is -2.13. The van der Waals surface area contributed by atoms with Gasteiger partial charge in [-0.3, -0.25) is 14.7 Å². The zero-order chi connectivity index (χ0) is 15.6. The standard InChI is InChI=1S/C11H13N4O5P/c1-8-11(21(18,19-2)20-3)12-13-14(8)9-5-4-6-10(7-9)15(16)17/h4-7H,1-3H3. The van der Waals surface area contributed by atoms with E-state index in [2.05, 4.69) is 10.3 Å². The molecule has 0 bridgehead atoms. The minimum Gasteiger partial charge on any atom is -0.307 e. The average molecular weight is 312 g/mol. The Morgan fingerprint density at radius 3 is 2.57 bits per heavy atom. The molecule has 0 aliphatic heterocycles. The van der Waals surface area contributed by atoms with Gasteiger partial charge >= 0.3 is 7.60 Å². The van der Waals surface area contributed by atoms with Gasteiger partial charge in [0.05, 0.1) is 16.3 Å². The summed E-state index contributed by atoms with van der Waals surface area (Å²) in [6, 6.07) is 5.87. The molecule has 0 aliphatic rings. The second kappa shape index (κ2) is 5.72. The van der Waals surface area contributed by atoms with E-state index >= 15 is 0 Å². The lowest BCUT2D eigenvalue weighted by atomic mass is 10.3. The number of hydrogen-bond acceptors (Lipinski definition) is 7. The molecular formula is C11H13N4O5P. The smallest absolute Gasteiger partial charge is 0.307 e. The van der Waals surface area contributed by atoms with Crippen LogP contribution >= 0.6 is 7.60 Å². The first-order valence-electron chi connectivity index (χ1n) is 5.82. The molecule has 2 rings (SSSR count). The van der Waals surface area contributed by atoms with Gasteiger partial charge in [0, 0.05) is 26.4 Å². The Balaban J connectivity index is 2.53. The van der Waals surface area contributed by atoms with Gasteiger partial charge < -0.3 is 9.05 Å². The second-order valence-corrected chi connectivity index (χ2v) is 6.20. The molecular weight excluding hydrogens is 299 g/mol. The van der Waals surface area contributed by atoms with Gasteiger partial charge in [-0.1, -0.05) is 11.3 Å². The number of aromatic nitrogens is 3. The molecule has 112 valence electrons. The summed E-state index contributed by atoms with van der Waals surface area (Å²) < 4.78 is 23.4.